The van der Waals surface area contributed by atoms with Crippen LogP contribution in [-0.2, 0) is 14.3 Å². The first-order chi connectivity index (χ1) is 7.26. The van der Waals surface area contributed by atoms with E-state index in [9.17, 15) is 9.59 Å². The summed E-state index contributed by atoms with van der Waals surface area (Å²) in [5, 5.41) is 2.64. The summed E-state index contributed by atoms with van der Waals surface area (Å²) in [5.74, 6) is -0.894. The van der Waals surface area contributed by atoms with Crippen molar-refractivity contribution in [2.45, 2.75) is 39.7 Å². The maximum absolute atomic E-state index is 11.4. The number of rotatable bonds is 5. The number of carbonyl (C=O) groups excluding carboxylic acids is 2. The second-order valence-corrected chi connectivity index (χ2v) is 4.73. The molecular weight excluding hydrogens is 206 g/mol. The number of carbonyl (C=O) groups is 2. The molecule has 0 aromatic rings. The molecule has 0 aromatic carbocycles. The van der Waals surface area contributed by atoms with Crippen molar-refractivity contribution in [3.63, 3.8) is 0 Å². The van der Waals surface area contributed by atoms with Gasteiger partial charge in [-0.15, -0.1) is 6.58 Å². The molecule has 16 heavy (non-hydrogen) atoms. The van der Waals surface area contributed by atoms with E-state index in [1.165, 1.54) is 0 Å². The quantitative estimate of drug-likeness (QED) is 0.574. The Balaban J connectivity index is 4.04. The monoisotopic (exact) mass is 227 g/mol. The zero-order valence-electron chi connectivity index (χ0n) is 10.5. The number of esters is 1. The van der Waals surface area contributed by atoms with Crippen LogP contribution >= 0.6 is 0 Å². The Labute approximate surface area is 97.1 Å². The highest BCUT2D eigenvalue weighted by molar-refractivity contribution is 5.83. The molecule has 0 saturated heterocycles. The molecule has 0 aliphatic carbocycles. The summed E-state index contributed by atoms with van der Waals surface area (Å²) in [4.78, 5) is 22.9. The Hall–Kier alpha value is -1.32. The molecule has 0 radical (unpaired) electrons. The molecule has 0 heterocycles. The van der Waals surface area contributed by atoms with Gasteiger partial charge in [0.05, 0.1) is 6.42 Å². The summed E-state index contributed by atoms with van der Waals surface area (Å²) in [6.07, 6.45) is 1.69. The van der Waals surface area contributed by atoms with Crippen molar-refractivity contribution in [2.75, 3.05) is 6.54 Å². The van der Waals surface area contributed by atoms with Gasteiger partial charge in [0.25, 0.3) is 0 Å². The summed E-state index contributed by atoms with van der Waals surface area (Å²) in [7, 11) is 0. The van der Waals surface area contributed by atoms with E-state index in [0.717, 1.165) is 0 Å². The van der Waals surface area contributed by atoms with E-state index in [-0.39, 0.29) is 24.2 Å². The van der Waals surface area contributed by atoms with Crippen LogP contribution in [0, 0.1) is 5.92 Å². The lowest BCUT2D eigenvalue weighted by atomic mass is 10.1. The smallest absolute Gasteiger partial charge is 0.307 e. The van der Waals surface area contributed by atoms with Crippen molar-refractivity contribution < 1.29 is 14.3 Å². The Morgan fingerprint density at radius 2 is 2.00 bits per heavy atom. The van der Waals surface area contributed by atoms with Crippen LogP contribution in [-0.4, -0.2) is 24.0 Å². The molecule has 0 rings (SSSR count). The maximum Gasteiger partial charge on any atom is 0.307 e. The van der Waals surface area contributed by atoms with E-state index in [0.29, 0.717) is 6.54 Å². The standard InChI is InChI=1S/C12H21NO3/c1-6-7-13-11(15)9(2)8-10(14)16-12(3,4)5/h6,9H,1,7-8H2,2-5H3,(H,13,15)/t9-/m0/s1. The van der Waals surface area contributed by atoms with Crippen LogP contribution < -0.4 is 5.32 Å². The summed E-state index contributed by atoms with van der Waals surface area (Å²) in [5.41, 5.74) is -0.506. The van der Waals surface area contributed by atoms with E-state index >= 15 is 0 Å². The van der Waals surface area contributed by atoms with Crippen molar-refractivity contribution in [1.82, 2.24) is 5.32 Å². The van der Waals surface area contributed by atoms with Gasteiger partial charge in [-0.2, -0.15) is 0 Å². The van der Waals surface area contributed by atoms with E-state index < -0.39 is 5.60 Å². The minimum atomic E-state index is -0.506. The Morgan fingerprint density at radius 1 is 1.44 bits per heavy atom. The predicted molar refractivity (Wildman–Crippen MR) is 62.8 cm³/mol. The third-order valence-electron chi connectivity index (χ3n) is 1.76. The molecule has 4 nitrogen and oxygen atoms in total. The third kappa shape index (κ3) is 7.04. The van der Waals surface area contributed by atoms with Gasteiger partial charge in [0.1, 0.15) is 5.60 Å². The minimum absolute atomic E-state index is 0.0975. The van der Waals surface area contributed by atoms with Crippen LogP contribution in [0.25, 0.3) is 0 Å². The number of nitrogens with one attached hydrogen (secondary N) is 1. The van der Waals surface area contributed by atoms with E-state index in [1.54, 1.807) is 33.8 Å². The van der Waals surface area contributed by atoms with Gasteiger partial charge in [-0.1, -0.05) is 13.0 Å². The number of hydrogen-bond acceptors (Lipinski definition) is 3. The van der Waals surface area contributed by atoms with Crippen molar-refractivity contribution in [2.24, 2.45) is 5.92 Å². The molecule has 1 atom stereocenters. The van der Waals surface area contributed by atoms with Gasteiger partial charge in [-0.25, -0.2) is 0 Å². The number of amides is 1. The molecule has 92 valence electrons. The van der Waals surface area contributed by atoms with Gasteiger partial charge in [0, 0.05) is 12.5 Å². The van der Waals surface area contributed by atoms with Crippen LogP contribution in [0.2, 0.25) is 0 Å². The lowest BCUT2D eigenvalue weighted by molar-refractivity contribution is -0.157. The molecule has 0 bridgehead atoms. The molecule has 0 fully saturated rings. The molecule has 0 aromatic heterocycles. The summed E-state index contributed by atoms with van der Waals surface area (Å²) in [6.45, 7) is 11.0. The fourth-order valence-electron chi connectivity index (χ4n) is 1.07. The van der Waals surface area contributed by atoms with Crippen molar-refractivity contribution >= 4 is 11.9 Å². The van der Waals surface area contributed by atoms with Gasteiger partial charge in [-0.3, -0.25) is 9.59 Å². The first kappa shape index (κ1) is 14.7. The second kappa shape index (κ2) is 6.30. The topological polar surface area (TPSA) is 55.4 Å². The summed E-state index contributed by atoms with van der Waals surface area (Å²) in [6, 6.07) is 0. The average Bonchev–Trinajstić information content (AvgIpc) is 2.10. The van der Waals surface area contributed by atoms with Gasteiger partial charge >= 0.3 is 5.97 Å². The molecule has 0 aliphatic rings. The van der Waals surface area contributed by atoms with E-state index in [4.69, 9.17) is 4.74 Å². The second-order valence-electron chi connectivity index (χ2n) is 4.73. The molecule has 0 saturated carbocycles. The van der Waals surface area contributed by atoms with Crippen LogP contribution in [0.1, 0.15) is 34.1 Å². The highest BCUT2D eigenvalue weighted by Crippen LogP contribution is 2.11. The van der Waals surface area contributed by atoms with E-state index in [2.05, 4.69) is 11.9 Å². The van der Waals surface area contributed by atoms with Crippen LogP contribution in [0.5, 0.6) is 0 Å². The zero-order valence-corrected chi connectivity index (χ0v) is 10.5. The van der Waals surface area contributed by atoms with Crippen molar-refractivity contribution in [3.8, 4) is 0 Å². The molecular formula is C12H21NO3. The van der Waals surface area contributed by atoms with Crippen molar-refractivity contribution in [3.05, 3.63) is 12.7 Å². The lowest BCUT2D eigenvalue weighted by Gasteiger charge is -2.20. The van der Waals surface area contributed by atoms with Crippen LogP contribution in [0.15, 0.2) is 12.7 Å². The summed E-state index contributed by atoms with van der Waals surface area (Å²) >= 11 is 0. The summed E-state index contributed by atoms with van der Waals surface area (Å²) < 4.78 is 5.12. The normalized spacial score (nSPS) is 12.8. The number of hydrogen-bond donors (Lipinski definition) is 1. The van der Waals surface area contributed by atoms with Gasteiger partial charge in [0.2, 0.25) is 5.91 Å². The largest absolute Gasteiger partial charge is 0.460 e. The molecule has 0 aliphatic heterocycles. The highest BCUT2D eigenvalue weighted by atomic mass is 16.6. The Morgan fingerprint density at radius 3 is 2.44 bits per heavy atom. The molecule has 0 unspecified atom stereocenters. The van der Waals surface area contributed by atoms with E-state index in [1.807, 2.05) is 0 Å². The number of ether oxygens (including phenoxy) is 1. The maximum atomic E-state index is 11.4. The van der Waals surface area contributed by atoms with Crippen LogP contribution in [0.4, 0.5) is 0 Å². The first-order valence-electron chi connectivity index (χ1n) is 5.36. The first-order valence-corrected chi connectivity index (χ1v) is 5.36. The molecule has 0 spiro atoms. The predicted octanol–water partition coefficient (Wildman–Crippen LogP) is 1.66. The highest BCUT2D eigenvalue weighted by Gasteiger charge is 2.21. The SMILES string of the molecule is C=CCNC(=O)[C@@H](C)CC(=O)OC(C)(C)C. The Kier molecular flexibility index (Phi) is 5.78. The van der Waals surface area contributed by atoms with Gasteiger partial charge < -0.3 is 10.1 Å². The Bertz CT molecular complexity index is 266. The van der Waals surface area contributed by atoms with Gasteiger partial charge in [-0.05, 0) is 20.8 Å². The minimum Gasteiger partial charge on any atom is -0.460 e. The fraction of sp³-hybridized carbons (Fsp3) is 0.667. The zero-order chi connectivity index (χ0) is 12.8. The van der Waals surface area contributed by atoms with Crippen molar-refractivity contribution in [1.29, 1.82) is 0 Å². The van der Waals surface area contributed by atoms with Crippen LogP contribution in [0.3, 0.4) is 0 Å². The fourth-order valence-corrected chi connectivity index (χ4v) is 1.07. The lowest BCUT2D eigenvalue weighted by Crippen LogP contribution is -2.32. The third-order valence-corrected chi connectivity index (χ3v) is 1.76. The molecule has 1 N–H and O–H groups in total. The average molecular weight is 227 g/mol. The van der Waals surface area contributed by atoms with Gasteiger partial charge in [0.15, 0.2) is 0 Å². The molecule has 4 heteroatoms. The molecule has 1 amide bonds.